The number of piperidine rings is 2. The van der Waals surface area contributed by atoms with Crippen LogP contribution >= 0.6 is 0 Å². The van der Waals surface area contributed by atoms with E-state index in [9.17, 15) is 19.8 Å². The van der Waals surface area contributed by atoms with Gasteiger partial charge in [-0.25, -0.2) is 9.59 Å². The second-order valence-corrected chi connectivity index (χ2v) is 12.6. The number of hydrogen-bond donors (Lipinski definition) is 4. The van der Waals surface area contributed by atoms with Crippen molar-refractivity contribution in [3.63, 3.8) is 0 Å². The van der Waals surface area contributed by atoms with Crippen LogP contribution in [0.25, 0.3) is 0 Å². The summed E-state index contributed by atoms with van der Waals surface area (Å²) in [4.78, 5) is 24.5. The van der Waals surface area contributed by atoms with E-state index in [2.05, 4.69) is 66.0 Å². The summed E-state index contributed by atoms with van der Waals surface area (Å²) in [6.45, 7) is 17.3. The van der Waals surface area contributed by atoms with Gasteiger partial charge in [0.25, 0.3) is 0 Å². The third-order valence-electron chi connectivity index (χ3n) is 6.95. The minimum atomic E-state index is -1.19. The van der Waals surface area contributed by atoms with E-state index in [0.29, 0.717) is 0 Å². The molecule has 0 amide bonds. The van der Waals surface area contributed by atoms with Crippen molar-refractivity contribution in [2.45, 2.75) is 115 Å². The first-order chi connectivity index (χ1) is 14.4. The van der Waals surface area contributed by atoms with E-state index >= 15 is 0 Å². The van der Waals surface area contributed by atoms with Gasteiger partial charge in [-0.1, -0.05) is 6.07 Å². The third kappa shape index (κ3) is 5.18. The molecule has 2 aliphatic rings. The molecule has 6 nitrogen and oxygen atoms in total. The SMILES string of the molecule is CC1(C)CC(c2ccc(C(=O)O)c(C(=O)O)c2C2CC(C)(C)NC(C)(C)C2)CC(C)(C)N1. The second kappa shape index (κ2) is 7.84. The highest BCUT2D eigenvalue weighted by Crippen LogP contribution is 2.47. The van der Waals surface area contributed by atoms with Gasteiger partial charge >= 0.3 is 11.9 Å². The van der Waals surface area contributed by atoms with Crippen LogP contribution in [0, 0.1) is 0 Å². The molecule has 6 heteroatoms. The molecular weight excluding hydrogens is 404 g/mol. The number of nitrogens with one attached hydrogen (secondary N) is 2. The molecule has 0 bridgehead atoms. The normalized spacial score (nSPS) is 24.8. The highest BCUT2D eigenvalue weighted by Gasteiger charge is 2.44. The molecule has 1 aromatic carbocycles. The van der Waals surface area contributed by atoms with Gasteiger partial charge in [-0.2, -0.15) is 0 Å². The minimum Gasteiger partial charge on any atom is -0.478 e. The van der Waals surface area contributed by atoms with Crippen molar-refractivity contribution in [1.29, 1.82) is 0 Å². The van der Waals surface area contributed by atoms with Crippen LogP contribution < -0.4 is 10.6 Å². The molecule has 4 N–H and O–H groups in total. The molecule has 1 aromatic rings. The molecule has 178 valence electrons. The van der Waals surface area contributed by atoms with Crippen LogP contribution in [-0.4, -0.2) is 44.3 Å². The van der Waals surface area contributed by atoms with Gasteiger partial charge in [-0.3, -0.25) is 0 Å². The van der Waals surface area contributed by atoms with Crippen LogP contribution in [0.5, 0.6) is 0 Å². The Bertz CT molecular complexity index is 898. The van der Waals surface area contributed by atoms with E-state index in [1.54, 1.807) is 0 Å². The topological polar surface area (TPSA) is 98.7 Å². The average Bonchev–Trinajstić information content (AvgIpc) is 2.54. The van der Waals surface area contributed by atoms with Gasteiger partial charge < -0.3 is 20.8 Å². The monoisotopic (exact) mass is 444 g/mol. The van der Waals surface area contributed by atoms with Crippen LogP contribution in [0.3, 0.4) is 0 Å². The maximum Gasteiger partial charge on any atom is 0.336 e. The predicted molar refractivity (Wildman–Crippen MR) is 127 cm³/mol. The number of aromatic carboxylic acids is 2. The lowest BCUT2D eigenvalue weighted by molar-refractivity contribution is 0.0648. The summed E-state index contributed by atoms with van der Waals surface area (Å²) in [6.07, 6.45) is 3.24. The molecule has 32 heavy (non-hydrogen) atoms. The zero-order valence-electron chi connectivity index (χ0n) is 20.8. The zero-order chi connectivity index (χ0) is 24.3. The minimum absolute atomic E-state index is 0.0253. The summed E-state index contributed by atoms with van der Waals surface area (Å²) < 4.78 is 0. The molecule has 2 fully saturated rings. The Hall–Kier alpha value is -1.92. The van der Waals surface area contributed by atoms with Crippen molar-refractivity contribution < 1.29 is 19.8 Å². The van der Waals surface area contributed by atoms with Gasteiger partial charge in [0.2, 0.25) is 0 Å². The Morgan fingerprint density at radius 1 is 0.719 bits per heavy atom. The maximum absolute atomic E-state index is 12.5. The fraction of sp³-hybridized carbons (Fsp3) is 0.692. The van der Waals surface area contributed by atoms with Gasteiger partial charge in [0.1, 0.15) is 0 Å². The lowest BCUT2D eigenvalue weighted by atomic mass is 9.66. The fourth-order valence-corrected chi connectivity index (χ4v) is 6.91. The van der Waals surface area contributed by atoms with Gasteiger partial charge in [0.05, 0.1) is 11.1 Å². The molecule has 0 aliphatic carbocycles. The zero-order valence-corrected chi connectivity index (χ0v) is 20.8. The lowest BCUT2D eigenvalue weighted by Gasteiger charge is -2.49. The summed E-state index contributed by atoms with van der Waals surface area (Å²) >= 11 is 0. The Kier molecular flexibility index (Phi) is 6.06. The molecular formula is C26H40N2O4. The van der Waals surface area contributed by atoms with Crippen LogP contribution in [0.15, 0.2) is 12.1 Å². The highest BCUT2D eigenvalue weighted by molar-refractivity contribution is 6.03. The van der Waals surface area contributed by atoms with E-state index in [1.165, 1.54) is 6.07 Å². The first-order valence-electron chi connectivity index (χ1n) is 11.6. The van der Waals surface area contributed by atoms with Gasteiger partial charge in [0.15, 0.2) is 0 Å². The molecule has 2 saturated heterocycles. The van der Waals surface area contributed by atoms with Crippen molar-refractivity contribution in [2.75, 3.05) is 0 Å². The maximum atomic E-state index is 12.5. The largest absolute Gasteiger partial charge is 0.478 e. The van der Waals surface area contributed by atoms with E-state index in [1.807, 2.05) is 6.07 Å². The lowest BCUT2D eigenvalue weighted by Crippen LogP contribution is -2.58. The first-order valence-corrected chi connectivity index (χ1v) is 11.6. The molecule has 2 aliphatic heterocycles. The number of rotatable bonds is 4. The van der Waals surface area contributed by atoms with E-state index < -0.39 is 11.9 Å². The number of hydrogen-bond acceptors (Lipinski definition) is 4. The number of carboxylic acids is 2. The highest BCUT2D eigenvalue weighted by atomic mass is 16.4. The van der Waals surface area contributed by atoms with E-state index in [-0.39, 0.29) is 45.1 Å². The van der Waals surface area contributed by atoms with Crippen molar-refractivity contribution >= 4 is 11.9 Å². The predicted octanol–water partition coefficient (Wildman–Crippen LogP) is 5.13. The van der Waals surface area contributed by atoms with Gasteiger partial charge in [-0.05, 0) is 110 Å². The molecule has 0 spiro atoms. The molecule has 2 heterocycles. The second-order valence-electron chi connectivity index (χ2n) is 12.6. The summed E-state index contributed by atoms with van der Waals surface area (Å²) in [6, 6.07) is 3.40. The summed E-state index contributed by atoms with van der Waals surface area (Å²) in [5.41, 5.74) is 1.01. The Balaban J connectivity index is 2.26. The van der Waals surface area contributed by atoms with E-state index in [4.69, 9.17) is 0 Å². The first kappa shape index (κ1) is 24.7. The Morgan fingerprint density at radius 2 is 1.12 bits per heavy atom. The summed E-state index contributed by atoms with van der Waals surface area (Å²) in [5, 5.41) is 27.4. The Labute approximate surface area is 192 Å². The van der Waals surface area contributed by atoms with Gasteiger partial charge in [-0.15, -0.1) is 0 Å². The van der Waals surface area contributed by atoms with Crippen LogP contribution in [0.4, 0.5) is 0 Å². The molecule has 0 saturated carbocycles. The quantitative estimate of drug-likeness (QED) is 0.514. The van der Waals surface area contributed by atoms with Crippen molar-refractivity contribution in [3.8, 4) is 0 Å². The summed E-state index contributed by atoms with van der Waals surface area (Å²) in [5.74, 6) is -2.23. The van der Waals surface area contributed by atoms with Crippen LogP contribution in [-0.2, 0) is 0 Å². The van der Waals surface area contributed by atoms with Crippen LogP contribution in [0.2, 0.25) is 0 Å². The van der Waals surface area contributed by atoms with Crippen molar-refractivity contribution in [3.05, 3.63) is 34.4 Å². The smallest absolute Gasteiger partial charge is 0.336 e. The average molecular weight is 445 g/mol. The number of carbonyl (C=O) groups is 2. The molecule has 0 unspecified atom stereocenters. The Morgan fingerprint density at radius 3 is 1.50 bits per heavy atom. The molecule has 3 rings (SSSR count). The van der Waals surface area contributed by atoms with Crippen LogP contribution in [0.1, 0.15) is 125 Å². The van der Waals surface area contributed by atoms with Gasteiger partial charge in [0, 0.05) is 22.2 Å². The molecule has 0 radical (unpaired) electrons. The van der Waals surface area contributed by atoms with Crippen molar-refractivity contribution in [2.24, 2.45) is 0 Å². The molecule has 0 aromatic heterocycles. The molecule has 0 atom stereocenters. The standard InChI is InChI=1S/C26H40N2O4/c1-23(2)11-15(12-24(3,4)27-23)17-9-10-18(21(29)30)20(22(31)32)19(17)16-13-25(5,6)28-26(7,8)14-16/h9-10,15-16,27-28H,11-14H2,1-8H3,(H,29,30)(H,31,32). The number of benzene rings is 1. The fourth-order valence-electron chi connectivity index (χ4n) is 6.91. The summed E-state index contributed by atoms with van der Waals surface area (Å²) in [7, 11) is 0. The number of carboxylic acid groups (broad SMARTS) is 2. The van der Waals surface area contributed by atoms with E-state index in [0.717, 1.165) is 36.8 Å². The third-order valence-corrected chi connectivity index (χ3v) is 6.95. The van der Waals surface area contributed by atoms with Crippen molar-refractivity contribution in [1.82, 2.24) is 10.6 Å².